The molecule has 0 aromatic heterocycles. The van der Waals surface area contributed by atoms with Crippen LogP contribution in [0.3, 0.4) is 0 Å². The van der Waals surface area contributed by atoms with Crippen LogP contribution in [-0.2, 0) is 15.2 Å². The van der Waals surface area contributed by atoms with Gasteiger partial charge in [0.05, 0.1) is 19.6 Å². The van der Waals surface area contributed by atoms with Gasteiger partial charge in [-0.2, -0.15) is 0 Å². The number of aliphatic hydroxyl groups is 3. The van der Waals surface area contributed by atoms with Gasteiger partial charge < -0.3 is 25.0 Å². The molecule has 0 bridgehead atoms. The molecule has 1 aromatic rings. The Bertz CT molecular complexity index is 882. The fraction of sp³-hybridized carbons (Fsp3) is 0.600. The quantitative estimate of drug-likeness (QED) is 0.389. The van der Waals surface area contributed by atoms with Crippen molar-refractivity contribution in [2.24, 2.45) is 9.98 Å². The van der Waals surface area contributed by atoms with Crippen LogP contribution < -0.4 is 10.8 Å². The Morgan fingerprint density at radius 1 is 1.39 bits per heavy atom. The predicted octanol–water partition coefficient (Wildman–Crippen LogP) is -0.158. The molecule has 1 fully saturated rings. The molecule has 7 atom stereocenters. The van der Waals surface area contributed by atoms with E-state index in [4.69, 9.17) is 21.2 Å². The van der Waals surface area contributed by atoms with E-state index in [9.17, 15) is 15.3 Å². The number of benzene rings is 1. The second-order valence-electron chi connectivity index (χ2n) is 8.08. The summed E-state index contributed by atoms with van der Waals surface area (Å²) in [5.74, 6) is 0.567. The molecule has 31 heavy (non-hydrogen) atoms. The predicted molar refractivity (Wildman–Crippen MR) is 115 cm³/mol. The van der Waals surface area contributed by atoms with Crippen molar-refractivity contribution in [2.45, 2.75) is 63.1 Å². The third-order valence-corrected chi connectivity index (χ3v) is 6.38. The lowest BCUT2D eigenvalue weighted by Gasteiger charge is -2.36. The minimum Gasteiger partial charge on any atom is -0.387 e. The van der Waals surface area contributed by atoms with Crippen LogP contribution in [0.15, 0.2) is 28.2 Å². The van der Waals surface area contributed by atoms with Crippen LogP contribution in [0.5, 0.6) is 0 Å². The van der Waals surface area contributed by atoms with Gasteiger partial charge in [-0.3, -0.25) is 25.6 Å². The molecule has 3 aliphatic rings. The summed E-state index contributed by atoms with van der Waals surface area (Å²) in [5.41, 5.74) is 2.56. The van der Waals surface area contributed by atoms with Gasteiger partial charge in [0, 0.05) is 5.02 Å². The molecule has 1 saturated heterocycles. The molecular weight excluding hydrogens is 426 g/mol. The summed E-state index contributed by atoms with van der Waals surface area (Å²) in [7, 11) is 0. The lowest BCUT2D eigenvalue weighted by atomic mass is 9.86. The fourth-order valence-corrected chi connectivity index (χ4v) is 4.29. The summed E-state index contributed by atoms with van der Waals surface area (Å²) in [6, 6.07) is 4.73. The van der Waals surface area contributed by atoms with Crippen LogP contribution in [-0.4, -0.2) is 82.4 Å². The number of aliphatic imine (C=N–C) groups is 2. The van der Waals surface area contributed by atoms with Crippen molar-refractivity contribution in [3.63, 3.8) is 0 Å². The van der Waals surface area contributed by atoms with Crippen molar-refractivity contribution in [2.75, 3.05) is 13.3 Å². The minimum absolute atomic E-state index is 0.326. The molecule has 5 N–H and O–H groups in total. The molecule has 0 saturated carbocycles. The molecule has 0 amide bonds. The second kappa shape index (κ2) is 8.62. The van der Waals surface area contributed by atoms with E-state index in [0.29, 0.717) is 29.7 Å². The van der Waals surface area contributed by atoms with Crippen LogP contribution in [0.1, 0.15) is 25.0 Å². The van der Waals surface area contributed by atoms with Gasteiger partial charge in [-0.25, -0.2) is 0 Å². The summed E-state index contributed by atoms with van der Waals surface area (Å²) >= 11 is 6.11. The van der Waals surface area contributed by atoms with Crippen LogP contribution in [0.4, 0.5) is 0 Å². The number of nitrogens with one attached hydrogen (secondary N) is 2. The van der Waals surface area contributed by atoms with Gasteiger partial charge in [-0.15, -0.1) is 0 Å². The van der Waals surface area contributed by atoms with Crippen molar-refractivity contribution in [3.8, 4) is 0 Å². The molecule has 170 valence electrons. The topological polar surface area (TPSA) is 131 Å². The zero-order valence-corrected chi connectivity index (χ0v) is 18.3. The van der Waals surface area contributed by atoms with Crippen molar-refractivity contribution >= 4 is 23.8 Å². The third kappa shape index (κ3) is 3.93. The average molecular weight is 454 g/mol. The molecular formula is C20H28ClN5O5. The van der Waals surface area contributed by atoms with Gasteiger partial charge in [0.1, 0.15) is 36.1 Å². The highest BCUT2D eigenvalue weighted by molar-refractivity contribution is 6.31. The number of rotatable bonds is 5. The summed E-state index contributed by atoms with van der Waals surface area (Å²) in [6.45, 7) is 6.03. The first-order chi connectivity index (χ1) is 14.8. The van der Waals surface area contributed by atoms with Gasteiger partial charge in [0.15, 0.2) is 12.1 Å². The van der Waals surface area contributed by atoms with Crippen LogP contribution >= 0.6 is 11.6 Å². The number of aryl methyl sites for hydroxylation is 1. The van der Waals surface area contributed by atoms with E-state index in [0.717, 1.165) is 5.56 Å². The Kier molecular flexibility index (Phi) is 6.23. The van der Waals surface area contributed by atoms with Crippen molar-refractivity contribution < 1.29 is 24.9 Å². The largest absolute Gasteiger partial charge is 0.387 e. The Balaban J connectivity index is 1.53. The van der Waals surface area contributed by atoms with E-state index >= 15 is 0 Å². The Labute approximate surface area is 185 Å². The Morgan fingerprint density at radius 2 is 2.16 bits per heavy atom. The van der Waals surface area contributed by atoms with E-state index in [1.165, 1.54) is 0 Å². The lowest BCUT2D eigenvalue weighted by molar-refractivity contribution is -0.145. The second-order valence-corrected chi connectivity index (χ2v) is 8.49. The standard InChI is InChI=1S/C20H28ClN5O5/c1-4-30-25-17-13-18(23-8-22-17)26(9-24-13)19-15(28)14(27)16(31-19)20(3,29)11-5-6-12(21)10(2)7-11/h5-7,9,13-16,18-19,23,27-29H,4,8H2,1-3H3,(H,22,25)/t13?,14-,15+,16-,18?,19+,20+/m0/s1. The molecule has 11 heteroatoms. The van der Waals surface area contributed by atoms with E-state index in [1.807, 2.05) is 13.8 Å². The number of halogens is 1. The molecule has 1 aromatic carbocycles. The first-order valence-electron chi connectivity index (χ1n) is 10.2. The summed E-state index contributed by atoms with van der Waals surface area (Å²) in [6.07, 6.45) is -3.37. The van der Waals surface area contributed by atoms with Crippen molar-refractivity contribution in [1.82, 2.24) is 15.7 Å². The maximum atomic E-state index is 11.3. The molecule has 3 aliphatic heterocycles. The number of nitrogens with zero attached hydrogens (tertiary/aromatic N) is 3. The zero-order valence-electron chi connectivity index (χ0n) is 17.6. The Morgan fingerprint density at radius 3 is 2.87 bits per heavy atom. The summed E-state index contributed by atoms with van der Waals surface area (Å²) in [5, 5.41) is 36.6. The monoisotopic (exact) mass is 453 g/mol. The van der Waals surface area contributed by atoms with Crippen LogP contribution in [0.2, 0.25) is 5.02 Å². The van der Waals surface area contributed by atoms with Gasteiger partial charge in [-0.1, -0.05) is 23.7 Å². The van der Waals surface area contributed by atoms with Gasteiger partial charge in [0.25, 0.3) is 0 Å². The molecule has 0 aliphatic carbocycles. The van der Waals surface area contributed by atoms with Gasteiger partial charge in [-0.05, 0) is 38.0 Å². The number of fused-ring (bicyclic) bond motifs is 1. The maximum Gasteiger partial charge on any atom is 0.161 e. The lowest BCUT2D eigenvalue weighted by Crippen LogP contribution is -2.60. The van der Waals surface area contributed by atoms with Gasteiger partial charge >= 0.3 is 0 Å². The molecule has 10 nitrogen and oxygen atoms in total. The van der Waals surface area contributed by atoms with E-state index in [-0.39, 0.29) is 12.2 Å². The fourth-order valence-electron chi connectivity index (χ4n) is 4.18. The number of aliphatic hydroxyl groups excluding tert-OH is 2. The maximum absolute atomic E-state index is 11.3. The SMILES string of the molecule is CCONC1=NCNC2C1N=CN2[C@@H]1O[C@H]([C@](C)(O)c2ccc(Cl)c(C)c2)[C@@H](O)[C@H]1O. The smallest absolute Gasteiger partial charge is 0.161 e. The van der Waals surface area contributed by atoms with Crippen molar-refractivity contribution in [3.05, 3.63) is 34.3 Å². The zero-order chi connectivity index (χ0) is 22.3. The van der Waals surface area contributed by atoms with E-state index in [1.54, 1.807) is 36.4 Å². The van der Waals surface area contributed by atoms with E-state index < -0.39 is 30.1 Å². The number of hydrogen-bond acceptors (Lipinski definition) is 10. The highest BCUT2D eigenvalue weighted by Crippen LogP contribution is 2.38. The first-order valence-corrected chi connectivity index (χ1v) is 10.6. The highest BCUT2D eigenvalue weighted by atomic mass is 35.5. The minimum atomic E-state index is -1.57. The molecule has 0 radical (unpaired) electrons. The van der Waals surface area contributed by atoms with Gasteiger partial charge in [0.2, 0.25) is 0 Å². The summed E-state index contributed by atoms with van der Waals surface area (Å²) in [4.78, 5) is 15.7. The average Bonchev–Trinajstić information content (AvgIpc) is 3.30. The molecule has 0 spiro atoms. The number of amidine groups is 1. The normalized spacial score (nSPS) is 34.4. The van der Waals surface area contributed by atoms with Crippen LogP contribution in [0.25, 0.3) is 0 Å². The summed E-state index contributed by atoms with van der Waals surface area (Å²) < 4.78 is 6.04. The molecule has 4 rings (SSSR count). The number of hydrogen-bond donors (Lipinski definition) is 5. The van der Waals surface area contributed by atoms with Crippen LogP contribution in [0, 0.1) is 6.92 Å². The molecule has 3 heterocycles. The van der Waals surface area contributed by atoms with E-state index in [2.05, 4.69) is 20.8 Å². The number of hydroxylamine groups is 1. The first kappa shape index (κ1) is 22.4. The molecule has 2 unspecified atom stereocenters. The van der Waals surface area contributed by atoms with Crippen molar-refractivity contribution in [1.29, 1.82) is 0 Å². The number of ether oxygens (including phenoxy) is 1. The third-order valence-electron chi connectivity index (χ3n) is 5.96. The highest BCUT2D eigenvalue weighted by Gasteiger charge is 2.55. The Hall–Kier alpha value is -1.79.